The van der Waals surface area contributed by atoms with E-state index < -0.39 is 0 Å². The van der Waals surface area contributed by atoms with Gasteiger partial charge in [-0.25, -0.2) is 0 Å². The van der Waals surface area contributed by atoms with Crippen LogP contribution in [-0.2, 0) is 0 Å². The van der Waals surface area contributed by atoms with Gasteiger partial charge in [0.2, 0.25) is 0 Å². The topological polar surface area (TPSA) is 71.2 Å². The Morgan fingerprint density at radius 2 is 2.10 bits per heavy atom. The molecule has 2 aromatic rings. The number of benzene rings is 1. The van der Waals surface area contributed by atoms with Crippen molar-refractivity contribution in [2.24, 2.45) is 0 Å². The van der Waals surface area contributed by atoms with Crippen molar-refractivity contribution in [2.75, 3.05) is 13.2 Å². The minimum Gasteiger partial charge on any atom is -0.395 e. The van der Waals surface area contributed by atoms with Gasteiger partial charge in [0.15, 0.2) is 5.69 Å². The minimum atomic E-state index is -0.163. The molecule has 104 valence electrons. The van der Waals surface area contributed by atoms with E-state index in [4.69, 9.17) is 5.11 Å². The molecule has 3 rings (SSSR count). The number of aliphatic hydroxyl groups excluding tert-OH is 1. The van der Waals surface area contributed by atoms with Gasteiger partial charge in [0.05, 0.1) is 18.5 Å². The molecule has 0 bridgehead atoms. The Balaban J connectivity index is 1.80. The van der Waals surface area contributed by atoms with Gasteiger partial charge in [-0.05, 0) is 25.0 Å². The maximum atomic E-state index is 12.4. The Kier molecular flexibility index (Phi) is 3.47. The average molecular weight is 272 g/mol. The highest BCUT2D eigenvalue weighted by molar-refractivity contribution is 5.92. The van der Waals surface area contributed by atoms with Crippen LogP contribution in [0.15, 0.2) is 36.5 Å². The van der Waals surface area contributed by atoms with E-state index in [1.807, 2.05) is 30.3 Å². The lowest BCUT2D eigenvalue weighted by atomic mass is 10.3. The lowest BCUT2D eigenvalue weighted by molar-refractivity contribution is 0.0701. The molecular formula is C14H16N4O2. The first-order valence-corrected chi connectivity index (χ1v) is 6.69. The Morgan fingerprint density at radius 3 is 2.75 bits per heavy atom. The van der Waals surface area contributed by atoms with Gasteiger partial charge in [-0.15, -0.1) is 5.10 Å². The Morgan fingerprint density at radius 1 is 1.35 bits per heavy atom. The molecule has 6 heteroatoms. The molecule has 0 unspecified atom stereocenters. The van der Waals surface area contributed by atoms with Crippen molar-refractivity contribution >= 4 is 5.91 Å². The zero-order valence-corrected chi connectivity index (χ0v) is 11.0. The molecule has 1 N–H and O–H groups in total. The first-order chi connectivity index (χ1) is 9.79. The predicted molar refractivity (Wildman–Crippen MR) is 72.5 cm³/mol. The lowest BCUT2D eigenvalue weighted by Crippen LogP contribution is -2.35. The fraction of sp³-hybridized carbons (Fsp3) is 0.357. The average Bonchev–Trinajstić information content (AvgIpc) is 3.21. The molecule has 20 heavy (non-hydrogen) atoms. The largest absolute Gasteiger partial charge is 0.395 e. The molecule has 0 radical (unpaired) electrons. The van der Waals surface area contributed by atoms with Crippen LogP contribution in [0.4, 0.5) is 0 Å². The summed E-state index contributed by atoms with van der Waals surface area (Å²) in [5.41, 5.74) is 1.13. The highest BCUT2D eigenvalue weighted by Crippen LogP contribution is 2.27. The highest BCUT2D eigenvalue weighted by Gasteiger charge is 2.33. The number of hydrogen-bond acceptors (Lipinski definition) is 4. The van der Waals surface area contributed by atoms with Gasteiger partial charge in [0.1, 0.15) is 0 Å². The second-order valence-electron chi connectivity index (χ2n) is 4.81. The van der Waals surface area contributed by atoms with E-state index >= 15 is 0 Å². The molecule has 1 aliphatic rings. The van der Waals surface area contributed by atoms with E-state index in [0.29, 0.717) is 12.2 Å². The number of carbonyl (C=O) groups excluding carboxylic acids is 1. The van der Waals surface area contributed by atoms with Crippen LogP contribution in [0.2, 0.25) is 0 Å². The molecule has 1 aromatic carbocycles. The summed E-state index contributed by atoms with van der Waals surface area (Å²) in [5.74, 6) is -0.163. The second-order valence-corrected chi connectivity index (χ2v) is 4.81. The number of hydrogen-bond donors (Lipinski definition) is 1. The van der Waals surface area contributed by atoms with Crippen molar-refractivity contribution in [3.05, 3.63) is 42.2 Å². The molecule has 6 nitrogen and oxygen atoms in total. The second kappa shape index (κ2) is 5.42. The molecule has 1 amide bonds. The summed E-state index contributed by atoms with van der Waals surface area (Å²) in [7, 11) is 0. The standard InChI is InChI=1S/C14H16N4O2/c19-9-8-17(11-6-7-11)14(20)13-10-15-18(16-13)12-4-2-1-3-5-12/h1-5,10-11,19H,6-9H2. The lowest BCUT2D eigenvalue weighted by Gasteiger charge is -2.19. The van der Waals surface area contributed by atoms with E-state index in [2.05, 4.69) is 10.2 Å². The summed E-state index contributed by atoms with van der Waals surface area (Å²) in [6.07, 6.45) is 3.47. The molecule has 1 heterocycles. The molecule has 1 aromatic heterocycles. The van der Waals surface area contributed by atoms with Crippen LogP contribution >= 0.6 is 0 Å². The number of para-hydroxylation sites is 1. The molecule has 0 aliphatic heterocycles. The predicted octanol–water partition coefficient (Wildman–Crippen LogP) is 0.864. The fourth-order valence-corrected chi connectivity index (χ4v) is 2.14. The summed E-state index contributed by atoms with van der Waals surface area (Å²) in [6.45, 7) is 0.316. The van der Waals surface area contributed by atoms with Crippen LogP contribution < -0.4 is 0 Å². The molecule has 1 aliphatic carbocycles. The number of aromatic nitrogens is 3. The van der Waals surface area contributed by atoms with E-state index in [9.17, 15) is 4.79 Å². The van der Waals surface area contributed by atoms with Crippen LogP contribution in [-0.4, -0.2) is 50.1 Å². The number of carbonyl (C=O) groups is 1. The van der Waals surface area contributed by atoms with Crippen LogP contribution in [0.3, 0.4) is 0 Å². The summed E-state index contributed by atoms with van der Waals surface area (Å²) in [6, 6.07) is 9.69. The van der Waals surface area contributed by atoms with Crippen molar-refractivity contribution in [2.45, 2.75) is 18.9 Å². The van der Waals surface area contributed by atoms with Crippen molar-refractivity contribution in [1.82, 2.24) is 19.9 Å². The van der Waals surface area contributed by atoms with Gasteiger partial charge in [0, 0.05) is 12.6 Å². The molecule has 0 atom stereocenters. The van der Waals surface area contributed by atoms with Crippen molar-refractivity contribution in [3.8, 4) is 5.69 Å². The minimum absolute atomic E-state index is 0.0327. The number of amides is 1. The van der Waals surface area contributed by atoms with Crippen molar-refractivity contribution in [3.63, 3.8) is 0 Å². The van der Waals surface area contributed by atoms with E-state index in [1.54, 1.807) is 4.90 Å². The van der Waals surface area contributed by atoms with Gasteiger partial charge < -0.3 is 10.0 Å². The van der Waals surface area contributed by atoms with Gasteiger partial charge in [-0.1, -0.05) is 18.2 Å². The van der Waals surface area contributed by atoms with E-state index in [-0.39, 0.29) is 18.6 Å². The summed E-state index contributed by atoms with van der Waals surface area (Å²) in [4.78, 5) is 15.5. The van der Waals surface area contributed by atoms with Crippen LogP contribution in [0.5, 0.6) is 0 Å². The molecule has 1 fully saturated rings. The third-order valence-electron chi connectivity index (χ3n) is 3.29. The molecule has 0 spiro atoms. The molecular weight excluding hydrogens is 256 g/mol. The van der Waals surface area contributed by atoms with Gasteiger partial charge >= 0.3 is 0 Å². The van der Waals surface area contributed by atoms with Gasteiger partial charge in [0.25, 0.3) is 5.91 Å². The zero-order valence-electron chi connectivity index (χ0n) is 11.0. The maximum absolute atomic E-state index is 12.4. The van der Waals surface area contributed by atoms with Crippen molar-refractivity contribution in [1.29, 1.82) is 0 Å². The maximum Gasteiger partial charge on any atom is 0.276 e. The summed E-state index contributed by atoms with van der Waals surface area (Å²) < 4.78 is 0. The normalized spacial score (nSPS) is 14.2. The number of aliphatic hydroxyl groups is 1. The first-order valence-electron chi connectivity index (χ1n) is 6.69. The monoisotopic (exact) mass is 272 g/mol. The van der Waals surface area contributed by atoms with Crippen molar-refractivity contribution < 1.29 is 9.90 Å². The molecule has 1 saturated carbocycles. The zero-order chi connectivity index (χ0) is 13.9. The molecule has 0 saturated heterocycles. The van der Waals surface area contributed by atoms with Gasteiger partial charge in [-0.3, -0.25) is 4.79 Å². The Hall–Kier alpha value is -2.21. The van der Waals surface area contributed by atoms with E-state index in [1.165, 1.54) is 11.0 Å². The van der Waals surface area contributed by atoms with Crippen LogP contribution in [0.1, 0.15) is 23.3 Å². The summed E-state index contributed by atoms with van der Waals surface area (Å²) in [5, 5.41) is 17.4. The van der Waals surface area contributed by atoms with Crippen LogP contribution in [0, 0.1) is 0 Å². The fourth-order valence-electron chi connectivity index (χ4n) is 2.14. The third-order valence-corrected chi connectivity index (χ3v) is 3.29. The highest BCUT2D eigenvalue weighted by atomic mass is 16.3. The Labute approximate surface area is 116 Å². The summed E-state index contributed by atoms with van der Waals surface area (Å²) >= 11 is 0. The Bertz CT molecular complexity index is 592. The quantitative estimate of drug-likeness (QED) is 0.876. The number of nitrogens with zero attached hydrogens (tertiary/aromatic N) is 4. The van der Waals surface area contributed by atoms with Crippen LogP contribution in [0.25, 0.3) is 5.69 Å². The third kappa shape index (κ3) is 2.55. The number of rotatable bonds is 5. The SMILES string of the molecule is O=C(c1cnn(-c2ccccc2)n1)N(CCO)C1CC1. The van der Waals surface area contributed by atoms with Gasteiger partial charge in [-0.2, -0.15) is 9.90 Å². The smallest absolute Gasteiger partial charge is 0.276 e. The van der Waals surface area contributed by atoms with E-state index in [0.717, 1.165) is 18.5 Å². The first kappa shape index (κ1) is 12.8.